The number of nitrogens with zero attached hydrogens (tertiary/aromatic N) is 2. The molecule has 1 rings (SSSR count). The molecule has 0 aliphatic heterocycles. The second kappa shape index (κ2) is 15.0. The van der Waals surface area contributed by atoms with Crippen molar-refractivity contribution in [3.63, 3.8) is 0 Å². The van der Waals surface area contributed by atoms with Crippen molar-refractivity contribution < 1.29 is 13.2 Å². The van der Waals surface area contributed by atoms with Crippen molar-refractivity contribution in [3.05, 3.63) is 35.9 Å². The minimum absolute atomic E-state index is 0. The Morgan fingerprint density at radius 3 is 2.39 bits per heavy atom. The Hall–Kier alpha value is -0.910. The summed E-state index contributed by atoms with van der Waals surface area (Å²) < 4.78 is 31.6. The number of ether oxygens (including phenoxy) is 1. The van der Waals surface area contributed by atoms with Crippen LogP contribution in [-0.2, 0) is 21.4 Å². The molecule has 1 aromatic carbocycles. The lowest BCUT2D eigenvalue weighted by Gasteiger charge is -2.19. The van der Waals surface area contributed by atoms with E-state index in [2.05, 4.69) is 22.5 Å². The number of guanidine groups is 1. The maximum atomic E-state index is 12.2. The van der Waals surface area contributed by atoms with E-state index in [1.54, 1.807) is 7.05 Å². The molecule has 0 aliphatic carbocycles. The zero-order chi connectivity index (χ0) is 20.1. The highest BCUT2D eigenvalue weighted by molar-refractivity contribution is 14.0. The highest BCUT2D eigenvalue weighted by Crippen LogP contribution is 2.03. The van der Waals surface area contributed by atoms with Crippen LogP contribution in [0.3, 0.4) is 0 Å². The van der Waals surface area contributed by atoms with Crippen LogP contribution in [0.25, 0.3) is 0 Å². The molecule has 1 aromatic rings. The zero-order valence-electron chi connectivity index (χ0n) is 17.3. The largest absolute Gasteiger partial charge is 0.376 e. The first kappa shape index (κ1) is 27.1. The standard InChI is InChI=1S/C19H34N4O3S.HI/c1-5-23(6-2)27(24,25)13-12-21-19(20-4)22-14-17(3)15-26-16-18-10-8-7-9-11-18;/h7-11,17H,5-6,12-16H2,1-4H3,(H2,20,21,22);1H. The number of aliphatic imine (C=N–C) groups is 1. The van der Waals surface area contributed by atoms with Gasteiger partial charge in [-0.2, -0.15) is 0 Å². The molecule has 9 heteroatoms. The van der Waals surface area contributed by atoms with Crippen LogP contribution in [0.15, 0.2) is 35.3 Å². The molecule has 0 fully saturated rings. The molecule has 0 saturated heterocycles. The molecule has 0 aliphatic rings. The Bertz CT molecular complexity index is 652. The predicted molar refractivity (Wildman–Crippen MR) is 127 cm³/mol. The van der Waals surface area contributed by atoms with E-state index in [0.717, 1.165) is 5.56 Å². The third-order valence-corrected chi connectivity index (χ3v) is 6.13. The highest BCUT2D eigenvalue weighted by atomic mass is 127. The maximum Gasteiger partial charge on any atom is 0.215 e. The van der Waals surface area contributed by atoms with Crippen molar-refractivity contribution >= 4 is 40.0 Å². The van der Waals surface area contributed by atoms with Gasteiger partial charge in [0.2, 0.25) is 10.0 Å². The van der Waals surface area contributed by atoms with E-state index < -0.39 is 10.0 Å². The first-order valence-corrected chi connectivity index (χ1v) is 11.1. The van der Waals surface area contributed by atoms with Crippen molar-refractivity contribution in [1.82, 2.24) is 14.9 Å². The molecule has 1 atom stereocenters. The first-order valence-electron chi connectivity index (χ1n) is 9.46. The molecule has 0 spiro atoms. The minimum atomic E-state index is -3.23. The summed E-state index contributed by atoms with van der Waals surface area (Å²) in [7, 11) is -1.56. The Morgan fingerprint density at radius 2 is 1.82 bits per heavy atom. The molecular weight excluding hydrogens is 491 g/mol. The van der Waals surface area contributed by atoms with Gasteiger partial charge in [-0.1, -0.05) is 51.1 Å². The predicted octanol–water partition coefficient (Wildman–Crippen LogP) is 2.29. The summed E-state index contributed by atoms with van der Waals surface area (Å²) in [5.41, 5.74) is 1.16. The highest BCUT2D eigenvalue weighted by Gasteiger charge is 2.18. The van der Waals surface area contributed by atoms with Gasteiger partial charge in [0.15, 0.2) is 5.96 Å². The van der Waals surface area contributed by atoms with Crippen LogP contribution in [0, 0.1) is 5.92 Å². The molecule has 0 saturated carbocycles. The summed E-state index contributed by atoms with van der Waals surface area (Å²) in [5, 5.41) is 6.27. The van der Waals surface area contributed by atoms with Gasteiger partial charge >= 0.3 is 0 Å². The molecule has 162 valence electrons. The van der Waals surface area contributed by atoms with Crippen LogP contribution in [-0.4, -0.2) is 64.3 Å². The smallest absolute Gasteiger partial charge is 0.215 e. The van der Waals surface area contributed by atoms with Gasteiger partial charge in [0.05, 0.1) is 19.0 Å². The van der Waals surface area contributed by atoms with E-state index in [1.807, 2.05) is 44.2 Å². The first-order chi connectivity index (χ1) is 12.9. The molecule has 2 N–H and O–H groups in total. The van der Waals surface area contributed by atoms with E-state index in [4.69, 9.17) is 4.74 Å². The molecule has 0 heterocycles. The lowest BCUT2D eigenvalue weighted by Crippen LogP contribution is -2.43. The number of halogens is 1. The summed E-state index contributed by atoms with van der Waals surface area (Å²) in [6.07, 6.45) is 0. The summed E-state index contributed by atoms with van der Waals surface area (Å²) in [4.78, 5) is 4.14. The van der Waals surface area contributed by atoms with Crippen LogP contribution in [0.1, 0.15) is 26.3 Å². The Labute approximate surface area is 187 Å². The molecule has 28 heavy (non-hydrogen) atoms. The summed E-state index contributed by atoms with van der Waals surface area (Å²) >= 11 is 0. The van der Waals surface area contributed by atoms with E-state index in [0.29, 0.717) is 51.3 Å². The Balaban J connectivity index is 0.00000729. The van der Waals surface area contributed by atoms with Crippen molar-refractivity contribution in [3.8, 4) is 0 Å². The number of hydrogen-bond acceptors (Lipinski definition) is 4. The van der Waals surface area contributed by atoms with Gasteiger partial charge in [-0.3, -0.25) is 4.99 Å². The SMILES string of the molecule is CCN(CC)S(=O)(=O)CCNC(=NC)NCC(C)COCc1ccccc1.I. The van der Waals surface area contributed by atoms with E-state index >= 15 is 0 Å². The van der Waals surface area contributed by atoms with Gasteiger partial charge in [-0.15, -0.1) is 24.0 Å². The zero-order valence-corrected chi connectivity index (χ0v) is 20.5. The van der Waals surface area contributed by atoms with Gasteiger partial charge in [0.1, 0.15) is 0 Å². The molecule has 7 nitrogen and oxygen atoms in total. The van der Waals surface area contributed by atoms with Crippen molar-refractivity contribution in [1.29, 1.82) is 0 Å². The number of sulfonamides is 1. The molecule has 1 unspecified atom stereocenters. The fourth-order valence-corrected chi connectivity index (χ4v) is 3.95. The summed E-state index contributed by atoms with van der Waals surface area (Å²) in [6, 6.07) is 10.1. The van der Waals surface area contributed by atoms with Crippen LogP contribution in [0.4, 0.5) is 0 Å². The molecule has 0 bridgehead atoms. The third-order valence-electron chi connectivity index (χ3n) is 4.11. The van der Waals surface area contributed by atoms with Crippen molar-refractivity contribution in [2.24, 2.45) is 10.9 Å². The Morgan fingerprint density at radius 1 is 1.18 bits per heavy atom. The number of nitrogens with one attached hydrogen (secondary N) is 2. The topological polar surface area (TPSA) is 83.0 Å². The fraction of sp³-hybridized carbons (Fsp3) is 0.632. The maximum absolute atomic E-state index is 12.2. The quantitative estimate of drug-likeness (QED) is 0.248. The average molecular weight is 526 g/mol. The monoisotopic (exact) mass is 526 g/mol. The van der Waals surface area contributed by atoms with Gasteiger partial charge in [0.25, 0.3) is 0 Å². The van der Waals surface area contributed by atoms with Crippen molar-refractivity contribution in [2.45, 2.75) is 27.4 Å². The molecule has 0 amide bonds. The number of rotatable bonds is 12. The second-order valence-corrected chi connectivity index (χ2v) is 8.47. The molecule has 0 aromatic heterocycles. The van der Waals surface area contributed by atoms with E-state index in [9.17, 15) is 8.42 Å². The third kappa shape index (κ3) is 10.6. The van der Waals surface area contributed by atoms with Gasteiger partial charge in [0, 0.05) is 33.2 Å². The van der Waals surface area contributed by atoms with Crippen LogP contribution >= 0.6 is 24.0 Å². The summed E-state index contributed by atoms with van der Waals surface area (Å²) in [5.74, 6) is 0.941. The lowest BCUT2D eigenvalue weighted by atomic mass is 10.2. The van der Waals surface area contributed by atoms with E-state index in [-0.39, 0.29) is 29.7 Å². The van der Waals surface area contributed by atoms with Gasteiger partial charge in [-0.05, 0) is 11.5 Å². The average Bonchev–Trinajstić information content (AvgIpc) is 2.66. The van der Waals surface area contributed by atoms with Gasteiger partial charge < -0.3 is 15.4 Å². The van der Waals surface area contributed by atoms with Gasteiger partial charge in [-0.25, -0.2) is 12.7 Å². The molecule has 0 radical (unpaired) electrons. The fourth-order valence-electron chi connectivity index (χ4n) is 2.55. The molecular formula is C19H35IN4O3S. The Kier molecular flexibility index (Phi) is 14.5. The van der Waals surface area contributed by atoms with Crippen LogP contribution in [0.5, 0.6) is 0 Å². The second-order valence-electron chi connectivity index (χ2n) is 6.39. The van der Waals surface area contributed by atoms with E-state index in [1.165, 1.54) is 4.31 Å². The van der Waals surface area contributed by atoms with Crippen LogP contribution in [0.2, 0.25) is 0 Å². The minimum Gasteiger partial charge on any atom is -0.376 e. The normalized spacial score (nSPS) is 13.1. The van der Waals surface area contributed by atoms with Crippen LogP contribution < -0.4 is 10.6 Å². The van der Waals surface area contributed by atoms with Crippen molar-refractivity contribution in [2.75, 3.05) is 45.6 Å². The number of hydrogen-bond donors (Lipinski definition) is 2. The lowest BCUT2D eigenvalue weighted by molar-refractivity contribution is 0.0931. The number of benzene rings is 1. The summed E-state index contributed by atoms with van der Waals surface area (Å²) in [6.45, 7) is 9.01.